The standard InChI is InChI=1S/C12H24N2O2/c1-4-5-6-7-10(2)14-12(16)13-9-8-11(3)15/h4,10-11,15H,1,5-9H2,2-3H3,(H2,13,14,16). The van der Waals surface area contributed by atoms with E-state index in [2.05, 4.69) is 17.2 Å². The number of hydrogen-bond donors (Lipinski definition) is 3. The van der Waals surface area contributed by atoms with Gasteiger partial charge in [0.1, 0.15) is 0 Å². The van der Waals surface area contributed by atoms with Crippen molar-refractivity contribution in [3.8, 4) is 0 Å². The lowest BCUT2D eigenvalue weighted by atomic mass is 10.1. The van der Waals surface area contributed by atoms with Gasteiger partial charge in [0, 0.05) is 12.6 Å². The van der Waals surface area contributed by atoms with Gasteiger partial charge in [0.15, 0.2) is 0 Å². The van der Waals surface area contributed by atoms with Gasteiger partial charge < -0.3 is 15.7 Å². The molecule has 0 fully saturated rings. The van der Waals surface area contributed by atoms with Crippen molar-refractivity contribution in [1.82, 2.24) is 10.6 Å². The summed E-state index contributed by atoms with van der Waals surface area (Å²) in [6.07, 6.45) is 5.07. The summed E-state index contributed by atoms with van der Waals surface area (Å²) in [5.74, 6) is 0. The van der Waals surface area contributed by atoms with Crippen LogP contribution in [-0.4, -0.2) is 29.8 Å². The minimum absolute atomic E-state index is 0.160. The van der Waals surface area contributed by atoms with Gasteiger partial charge in [0.05, 0.1) is 6.10 Å². The maximum atomic E-state index is 11.3. The molecule has 4 nitrogen and oxygen atoms in total. The van der Waals surface area contributed by atoms with Crippen molar-refractivity contribution in [2.24, 2.45) is 0 Å². The van der Waals surface area contributed by atoms with Crippen molar-refractivity contribution < 1.29 is 9.90 Å². The van der Waals surface area contributed by atoms with Crippen LogP contribution in [0.4, 0.5) is 4.79 Å². The summed E-state index contributed by atoms with van der Waals surface area (Å²) in [5, 5.41) is 14.6. The van der Waals surface area contributed by atoms with E-state index in [4.69, 9.17) is 5.11 Å². The molecule has 94 valence electrons. The summed E-state index contributed by atoms with van der Waals surface area (Å²) in [6, 6.07) is 0.0123. The van der Waals surface area contributed by atoms with Crippen LogP contribution in [0.15, 0.2) is 12.7 Å². The van der Waals surface area contributed by atoms with Crippen LogP contribution in [0.1, 0.15) is 39.5 Å². The quantitative estimate of drug-likeness (QED) is 0.438. The van der Waals surface area contributed by atoms with Gasteiger partial charge >= 0.3 is 6.03 Å². The van der Waals surface area contributed by atoms with E-state index in [1.54, 1.807) is 6.92 Å². The van der Waals surface area contributed by atoms with E-state index in [9.17, 15) is 4.79 Å². The summed E-state index contributed by atoms with van der Waals surface area (Å²) in [6.45, 7) is 7.84. The van der Waals surface area contributed by atoms with Gasteiger partial charge in [-0.1, -0.05) is 6.08 Å². The molecule has 0 aromatic rings. The fourth-order valence-corrected chi connectivity index (χ4v) is 1.31. The molecule has 0 aliphatic heterocycles. The number of allylic oxidation sites excluding steroid dienone is 1. The van der Waals surface area contributed by atoms with Gasteiger partial charge in [-0.2, -0.15) is 0 Å². The van der Waals surface area contributed by atoms with Crippen molar-refractivity contribution in [2.75, 3.05) is 6.54 Å². The molecule has 0 radical (unpaired) electrons. The van der Waals surface area contributed by atoms with Crippen LogP contribution in [0.25, 0.3) is 0 Å². The Balaban J connectivity index is 3.50. The largest absolute Gasteiger partial charge is 0.393 e. The van der Waals surface area contributed by atoms with Crippen LogP contribution < -0.4 is 10.6 Å². The number of aliphatic hydroxyl groups excluding tert-OH is 1. The zero-order valence-electron chi connectivity index (χ0n) is 10.3. The van der Waals surface area contributed by atoms with Gasteiger partial charge in [-0.3, -0.25) is 0 Å². The molecular weight excluding hydrogens is 204 g/mol. The molecule has 16 heavy (non-hydrogen) atoms. The van der Waals surface area contributed by atoms with E-state index in [-0.39, 0.29) is 18.2 Å². The zero-order chi connectivity index (χ0) is 12.4. The van der Waals surface area contributed by atoms with E-state index in [0.717, 1.165) is 19.3 Å². The third-order valence-electron chi connectivity index (χ3n) is 2.27. The SMILES string of the molecule is C=CCCCC(C)NC(=O)NCCC(C)O. The minimum atomic E-state index is -0.370. The highest BCUT2D eigenvalue weighted by Crippen LogP contribution is 2.00. The number of amides is 2. The molecule has 0 saturated heterocycles. The van der Waals surface area contributed by atoms with Gasteiger partial charge in [0.2, 0.25) is 0 Å². The number of rotatable bonds is 8. The third-order valence-corrected chi connectivity index (χ3v) is 2.27. The lowest BCUT2D eigenvalue weighted by Gasteiger charge is -2.14. The summed E-state index contributed by atoms with van der Waals surface area (Å²) in [7, 11) is 0. The minimum Gasteiger partial charge on any atom is -0.393 e. The summed E-state index contributed by atoms with van der Waals surface area (Å²) in [5.41, 5.74) is 0. The first-order valence-corrected chi connectivity index (χ1v) is 5.89. The fraction of sp³-hybridized carbons (Fsp3) is 0.750. The van der Waals surface area contributed by atoms with Crippen molar-refractivity contribution >= 4 is 6.03 Å². The number of urea groups is 1. The number of nitrogens with one attached hydrogen (secondary N) is 2. The number of carbonyl (C=O) groups is 1. The molecule has 2 unspecified atom stereocenters. The highest BCUT2D eigenvalue weighted by molar-refractivity contribution is 5.74. The summed E-state index contributed by atoms with van der Waals surface area (Å²) >= 11 is 0. The predicted molar refractivity (Wildman–Crippen MR) is 66.3 cm³/mol. The maximum Gasteiger partial charge on any atom is 0.314 e. The summed E-state index contributed by atoms with van der Waals surface area (Å²) < 4.78 is 0. The van der Waals surface area contributed by atoms with E-state index in [1.165, 1.54) is 0 Å². The van der Waals surface area contributed by atoms with Crippen molar-refractivity contribution in [1.29, 1.82) is 0 Å². The molecule has 0 aromatic heterocycles. The maximum absolute atomic E-state index is 11.3. The van der Waals surface area contributed by atoms with Crippen LogP contribution in [0.3, 0.4) is 0 Å². The Morgan fingerprint density at radius 1 is 1.44 bits per heavy atom. The van der Waals surface area contributed by atoms with Gasteiger partial charge in [-0.15, -0.1) is 6.58 Å². The second-order valence-electron chi connectivity index (χ2n) is 4.16. The first kappa shape index (κ1) is 15.0. The molecule has 0 spiro atoms. The highest BCUT2D eigenvalue weighted by atomic mass is 16.3. The first-order valence-electron chi connectivity index (χ1n) is 5.89. The molecule has 0 rings (SSSR count). The normalized spacial score (nSPS) is 13.9. The van der Waals surface area contributed by atoms with Gasteiger partial charge in [-0.05, 0) is 39.5 Å². The molecule has 0 aromatic carbocycles. The topological polar surface area (TPSA) is 61.4 Å². The van der Waals surface area contributed by atoms with E-state index >= 15 is 0 Å². The number of unbranched alkanes of at least 4 members (excludes halogenated alkanes) is 1. The van der Waals surface area contributed by atoms with Crippen molar-refractivity contribution in [3.05, 3.63) is 12.7 Å². The van der Waals surface area contributed by atoms with E-state index < -0.39 is 0 Å². The number of hydrogen-bond acceptors (Lipinski definition) is 2. The zero-order valence-corrected chi connectivity index (χ0v) is 10.3. The Bertz CT molecular complexity index is 205. The van der Waals surface area contributed by atoms with Gasteiger partial charge in [-0.25, -0.2) is 4.79 Å². The molecule has 2 atom stereocenters. The van der Waals surface area contributed by atoms with Crippen LogP contribution in [0.5, 0.6) is 0 Å². The molecule has 0 saturated carbocycles. The van der Waals surface area contributed by atoms with Crippen molar-refractivity contribution in [2.45, 2.75) is 51.7 Å². The fourth-order valence-electron chi connectivity index (χ4n) is 1.31. The van der Waals surface area contributed by atoms with Crippen LogP contribution in [-0.2, 0) is 0 Å². The first-order chi connectivity index (χ1) is 7.56. The average molecular weight is 228 g/mol. The summed E-state index contributed by atoms with van der Waals surface area (Å²) in [4.78, 5) is 11.3. The number of aliphatic hydroxyl groups is 1. The average Bonchev–Trinajstić information content (AvgIpc) is 2.17. The molecule has 0 bridgehead atoms. The molecule has 0 aliphatic rings. The molecule has 0 aliphatic carbocycles. The third kappa shape index (κ3) is 9.52. The second-order valence-corrected chi connectivity index (χ2v) is 4.16. The van der Waals surface area contributed by atoms with Gasteiger partial charge in [0.25, 0.3) is 0 Å². The second kappa shape index (κ2) is 9.21. The Labute approximate surface area is 98.1 Å². The molecule has 3 N–H and O–H groups in total. The monoisotopic (exact) mass is 228 g/mol. The van der Waals surface area contributed by atoms with Crippen LogP contribution in [0.2, 0.25) is 0 Å². The van der Waals surface area contributed by atoms with Crippen LogP contribution >= 0.6 is 0 Å². The predicted octanol–water partition coefficient (Wildman–Crippen LogP) is 1.80. The Hall–Kier alpha value is -1.03. The number of carbonyl (C=O) groups excluding carboxylic acids is 1. The smallest absolute Gasteiger partial charge is 0.314 e. The molecule has 4 heteroatoms. The Kier molecular flexibility index (Phi) is 8.62. The van der Waals surface area contributed by atoms with Crippen LogP contribution in [0, 0.1) is 0 Å². The highest BCUT2D eigenvalue weighted by Gasteiger charge is 2.06. The Morgan fingerprint density at radius 2 is 2.12 bits per heavy atom. The molecule has 2 amide bonds. The van der Waals surface area contributed by atoms with Crippen molar-refractivity contribution in [3.63, 3.8) is 0 Å². The van der Waals surface area contributed by atoms with E-state index in [1.807, 2.05) is 13.0 Å². The lowest BCUT2D eigenvalue weighted by molar-refractivity contribution is 0.183. The van der Waals surface area contributed by atoms with E-state index in [0.29, 0.717) is 13.0 Å². The Morgan fingerprint density at radius 3 is 2.69 bits per heavy atom. The lowest BCUT2D eigenvalue weighted by Crippen LogP contribution is -2.41. The molecule has 0 heterocycles. The molecular formula is C12H24N2O2.